The number of piperazine rings is 1. The van der Waals surface area contributed by atoms with Crippen LogP contribution < -0.4 is 9.64 Å². The number of benzene rings is 2. The third-order valence-corrected chi connectivity index (χ3v) is 5.76. The van der Waals surface area contributed by atoms with Crippen LogP contribution in [0.5, 0.6) is 5.75 Å². The van der Waals surface area contributed by atoms with Gasteiger partial charge in [0.05, 0.1) is 25.5 Å². The van der Waals surface area contributed by atoms with Gasteiger partial charge in [-0.2, -0.15) is 0 Å². The van der Waals surface area contributed by atoms with Crippen LogP contribution >= 0.6 is 0 Å². The Labute approximate surface area is 176 Å². The van der Waals surface area contributed by atoms with E-state index in [1.807, 2.05) is 18.2 Å². The van der Waals surface area contributed by atoms with Crippen molar-refractivity contribution in [3.63, 3.8) is 0 Å². The third kappa shape index (κ3) is 4.74. The van der Waals surface area contributed by atoms with Crippen LogP contribution in [0.1, 0.15) is 10.4 Å². The number of rotatable bonds is 5. The molecule has 160 valence electrons. The summed E-state index contributed by atoms with van der Waals surface area (Å²) in [5.41, 5.74) is 1.52. The summed E-state index contributed by atoms with van der Waals surface area (Å²) in [5.74, 6) is 0.371. The van der Waals surface area contributed by atoms with Crippen molar-refractivity contribution in [2.24, 2.45) is 0 Å². The van der Waals surface area contributed by atoms with Gasteiger partial charge < -0.3 is 19.3 Å². The molecule has 0 spiro atoms. The smallest absolute Gasteiger partial charge is 0.254 e. The summed E-state index contributed by atoms with van der Waals surface area (Å²) in [5, 5.41) is 0. The quantitative estimate of drug-likeness (QED) is 0.754. The molecule has 0 aromatic heterocycles. The summed E-state index contributed by atoms with van der Waals surface area (Å²) in [6.45, 7) is 6.04. The fourth-order valence-electron chi connectivity index (χ4n) is 4.17. The lowest BCUT2D eigenvalue weighted by Gasteiger charge is -2.40. The lowest BCUT2D eigenvalue weighted by molar-refractivity contribution is -0.0363. The number of amides is 1. The average Bonchev–Trinajstić information content (AvgIpc) is 2.79. The molecule has 1 atom stereocenters. The normalized spacial score (nSPS) is 20.3. The number of nitrogens with zero attached hydrogens (tertiary/aromatic N) is 3. The lowest BCUT2D eigenvalue weighted by Crippen LogP contribution is -2.53. The number of hydrogen-bond acceptors (Lipinski definition) is 5. The van der Waals surface area contributed by atoms with Crippen molar-refractivity contribution < 1.29 is 18.7 Å². The van der Waals surface area contributed by atoms with Crippen LogP contribution in [0.4, 0.5) is 10.1 Å². The first-order valence-corrected chi connectivity index (χ1v) is 10.4. The molecule has 0 saturated carbocycles. The first-order valence-electron chi connectivity index (χ1n) is 10.4. The Morgan fingerprint density at radius 3 is 2.67 bits per heavy atom. The molecule has 1 unspecified atom stereocenters. The molecule has 2 heterocycles. The second-order valence-electron chi connectivity index (χ2n) is 7.71. The second kappa shape index (κ2) is 9.45. The van der Waals surface area contributed by atoms with Crippen LogP contribution in [-0.4, -0.2) is 81.3 Å². The fourth-order valence-corrected chi connectivity index (χ4v) is 4.17. The van der Waals surface area contributed by atoms with E-state index >= 15 is 0 Å². The maximum atomic E-state index is 13.5. The Hall–Kier alpha value is -2.64. The van der Waals surface area contributed by atoms with Crippen molar-refractivity contribution in [3.8, 4) is 5.75 Å². The Morgan fingerprint density at radius 1 is 1.10 bits per heavy atom. The van der Waals surface area contributed by atoms with Crippen LogP contribution in [0.2, 0.25) is 0 Å². The number of halogens is 1. The summed E-state index contributed by atoms with van der Waals surface area (Å²) >= 11 is 0. The Morgan fingerprint density at radius 2 is 1.90 bits per heavy atom. The molecule has 2 aromatic rings. The number of hydrogen-bond donors (Lipinski definition) is 0. The zero-order valence-corrected chi connectivity index (χ0v) is 17.3. The summed E-state index contributed by atoms with van der Waals surface area (Å²) in [6, 6.07) is 14.0. The Bertz CT molecular complexity index is 870. The van der Waals surface area contributed by atoms with Gasteiger partial charge in [-0.1, -0.05) is 18.2 Å². The van der Waals surface area contributed by atoms with Gasteiger partial charge >= 0.3 is 0 Å². The van der Waals surface area contributed by atoms with Crippen molar-refractivity contribution in [3.05, 3.63) is 59.9 Å². The first-order chi connectivity index (χ1) is 14.6. The predicted octanol–water partition coefficient (Wildman–Crippen LogP) is 2.50. The van der Waals surface area contributed by atoms with E-state index in [2.05, 4.69) is 15.9 Å². The van der Waals surface area contributed by atoms with Gasteiger partial charge in [0, 0.05) is 51.4 Å². The molecular formula is C23H28FN3O3. The van der Waals surface area contributed by atoms with Crippen LogP contribution in [0.15, 0.2) is 48.5 Å². The lowest BCUT2D eigenvalue weighted by atomic mass is 10.1. The summed E-state index contributed by atoms with van der Waals surface area (Å²) in [7, 11) is 1.70. The minimum Gasteiger partial charge on any atom is -0.495 e. The highest BCUT2D eigenvalue weighted by molar-refractivity contribution is 5.94. The highest BCUT2D eigenvalue weighted by Crippen LogP contribution is 2.28. The fraction of sp³-hybridized carbons (Fsp3) is 0.435. The van der Waals surface area contributed by atoms with Crippen molar-refractivity contribution >= 4 is 11.6 Å². The number of methoxy groups -OCH3 is 1. The van der Waals surface area contributed by atoms with E-state index in [1.54, 1.807) is 24.1 Å². The maximum absolute atomic E-state index is 13.5. The largest absolute Gasteiger partial charge is 0.495 e. The van der Waals surface area contributed by atoms with Gasteiger partial charge in [-0.15, -0.1) is 0 Å². The third-order valence-electron chi connectivity index (χ3n) is 5.76. The van der Waals surface area contributed by atoms with Crippen molar-refractivity contribution in [1.82, 2.24) is 9.80 Å². The SMILES string of the molecule is COc1ccccc1N1CCN(CC2CN(C(=O)c3cccc(F)c3)CCO2)CC1. The molecule has 30 heavy (non-hydrogen) atoms. The molecule has 2 aliphatic rings. The standard InChI is InChI=1S/C23H28FN3O3/c1-29-22-8-3-2-7-21(22)26-11-9-25(10-12-26)16-20-17-27(13-14-30-20)23(28)18-5-4-6-19(24)15-18/h2-8,15,20H,9-14,16-17H2,1H3. The van der Waals surface area contributed by atoms with Crippen LogP contribution in [0, 0.1) is 5.82 Å². The highest BCUT2D eigenvalue weighted by Gasteiger charge is 2.28. The average molecular weight is 413 g/mol. The number of carbonyl (C=O) groups is 1. The number of ether oxygens (including phenoxy) is 2. The number of para-hydroxylation sites is 2. The zero-order valence-electron chi connectivity index (χ0n) is 17.3. The van der Waals surface area contributed by atoms with E-state index in [9.17, 15) is 9.18 Å². The molecule has 7 heteroatoms. The summed E-state index contributed by atoms with van der Waals surface area (Å²) in [4.78, 5) is 19.2. The molecular weight excluding hydrogens is 385 g/mol. The minimum atomic E-state index is -0.390. The van der Waals surface area contributed by atoms with Gasteiger partial charge in [0.15, 0.2) is 0 Å². The molecule has 0 aliphatic carbocycles. The Balaban J connectivity index is 1.30. The van der Waals surface area contributed by atoms with E-state index in [-0.39, 0.29) is 12.0 Å². The van der Waals surface area contributed by atoms with E-state index in [1.165, 1.54) is 12.1 Å². The topological polar surface area (TPSA) is 45.2 Å². The van der Waals surface area contributed by atoms with Crippen LogP contribution in [0.3, 0.4) is 0 Å². The zero-order chi connectivity index (χ0) is 20.9. The molecule has 2 aromatic carbocycles. The second-order valence-corrected chi connectivity index (χ2v) is 7.71. The molecule has 2 saturated heterocycles. The van der Waals surface area contributed by atoms with Crippen molar-refractivity contribution in [1.29, 1.82) is 0 Å². The molecule has 6 nitrogen and oxygen atoms in total. The number of morpholine rings is 1. The summed E-state index contributed by atoms with van der Waals surface area (Å²) in [6.07, 6.45) is -0.0333. The van der Waals surface area contributed by atoms with Gasteiger partial charge in [0.1, 0.15) is 11.6 Å². The number of anilines is 1. The van der Waals surface area contributed by atoms with Crippen molar-refractivity contribution in [2.75, 3.05) is 64.4 Å². The molecule has 1 amide bonds. The molecule has 0 bridgehead atoms. The van der Waals surface area contributed by atoms with Crippen LogP contribution in [0.25, 0.3) is 0 Å². The highest BCUT2D eigenvalue weighted by atomic mass is 19.1. The molecule has 2 aliphatic heterocycles. The Kier molecular flexibility index (Phi) is 6.50. The molecule has 2 fully saturated rings. The molecule has 4 rings (SSSR count). The maximum Gasteiger partial charge on any atom is 0.254 e. The van der Waals surface area contributed by atoms with Gasteiger partial charge in [0.2, 0.25) is 0 Å². The van der Waals surface area contributed by atoms with E-state index in [0.717, 1.165) is 44.2 Å². The minimum absolute atomic E-state index is 0.0333. The van der Waals surface area contributed by atoms with Crippen LogP contribution in [-0.2, 0) is 4.74 Å². The number of carbonyl (C=O) groups excluding carboxylic acids is 1. The van der Waals surface area contributed by atoms with Gasteiger partial charge in [-0.3, -0.25) is 9.69 Å². The van der Waals surface area contributed by atoms with Gasteiger partial charge in [0.25, 0.3) is 5.91 Å². The first kappa shape index (κ1) is 20.6. The van der Waals surface area contributed by atoms with E-state index in [0.29, 0.717) is 25.3 Å². The summed E-state index contributed by atoms with van der Waals surface area (Å²) < 4.78 is 24.9. The van der Waals surface area contributed by atoms with E-state index in [4.69, 9.17) is 9.47 Å². The van der Waals surface area contributed by atoms with E-state index < -0.39 is 5.82 Å². The van der Waals surface area contributed by atoms with Gasteiger partial charge in [-0.05, 0) is 30.3 Å². The monoisotopic (exact) mass is 413 g/mol. The van der Waals surface area contributed by atoms with Gasteiger partial charge in [-0.25, -0.2) is 4.39 Å². The predicted molar refractivity (Wildman–Crippen MR) is 114 cm³/mol. The molecule has 0 N–H and O–H groups in total. The molecule has 0 radical (unpaired) electrons. The van der Waals surface area contributed by atoms with Crippen molar-refractivity contribution in [2.45, 2.75) is 6.10 Å².